The Labute approximate surface area is 110 Å². The van der Waals surface area contributed by atoms with Crippen molar-refractivity contribution in [1.29, 1.82) is 0 Å². The minimum atomic E-state index is -0.492. The number of primary amides is 1. The summed E-state index contributed by atoms with van der Waals surface area (Å²) in [4.78, 5) is 23.7. The van der Waals surface area contributed by atoms with Gasteiger partial charge in [0.2, 0.25) is 5.91 Å². The van der Waals surface area contributed by atoms with Crippen LogP contribution in [0.25, 0.3) is 11.1 Å². The molecule has 4 heteroatoms. The third-order valence-corrected chi connectivity index (χ3v) is 3.41. The fourth-order valence-corrected chi connectivity index (χ4v) is 2.45. The maximum absolute atomic E-state index is 12.1. The Bertz CT molecular complexity index is 703. The van der Waals surface area contributed by atoms with E-state index in [1.54, 1.807) is 12.1 Å². The second-order valence-corrected chi connectivity index (χ2v) is 4.56. The number of amides is 2. The highest BCUT2D eigenvalue weighted by Crippen LogP contribution is 2.32. The van der Waals surface area contributed by atoms with Crippen molar-refractivity contribution >= 4 is 17.5 Å². The number of hydrogen-bond donors (Lipinski definition) is 2. The fourth-order valence-electron chi connectivity index (χ4n) is 2.45. The van der Waals surface area contributed by atoms with Crippen LogP contribution in [0.1, 0.15) is 26.3 Å². The van der Waals surface area contributed by atoms with E-state index in [1.165, 1.54) is 0 Å². The molecule has 0 fully saturated rings. The highest BCUT2D eigenvalue weighted by Gasteiger charge is 2.20. The quantitative estimate of drug-likeness (QED) is 0.817. The van der Waals surface area contributed by atoms with Gasteiger partial charge in [0, 0.05) is 16.8 Å². The van der Waals surface area contributed by atoms with Crippen LogP contribution in [0.4, 0.5) is 5.69 Å². The number of anilines is 1. The molecule has 2 aromatic carbocycles. The van der Waals surface area contributed by atoms with E-state index in [9.17, 15) is 9.59 Å². The van der Waals surface area contributed by atoms with Crippen LogP contribution in [-0.4, -0.2) is 11.8 Å². The topological polar surface area (TPSA) is 72.2 Å². The number of fused-ring (bicyclic) bond motifs is 3. The molecule has 4 bridgehead atoms. The van der Waals surface area contributed by atoms with Gasteiger partial charge >= 0.3 is 0 Å². The van der Waals surface area contributed by atoms with E-state index in [0.717, 1.165) is 22.4 Å². The van der Waals surface area contributed by atoms with Crippen LogP contribution >= 0.6 is 0 Å². The van der Waals surface area contributed by atoms with Gasteiger partial charge in [-0.2, -0.15) is 0 Å². The summed E-state index contributed by atoms with van der Waals surface area (Å²) in [5.41, 5.74) is 9.52. The third kappa shape index (κ3) is 1.69. The van der Waals surface area contributed by atoms with Gasteiger partial charge in [0.05, 0.1) is 0 Å². The molecule has 19 heavy (non-hydrogen) atoms. The first kappa shape index (κ1) is 11.5. The molecule has 0 atom stereocenters. The van der Waals surface area contributed by atoms with Crippen molar-refractivity contribution in [2.24, 2.45) is 5.73 Å². The number of carbonyl (C=O) groups excluding carboxylic acids is 2. The Morgan fingerprint density at radius 2 is 1.79 bits per heavy atom. The van der Waals surface area contributed by atoms with E-state index >= 15 is 0 Å². The molecule has 0 spiro atoms. The van der Waals surface area contributed by atoms with Gasteiger partial charge in [0.25, 0.3) is 5.91 Å². The van der Waals surface area contributed by atoms with Crippen molar-refractivity contribution in [3.63, 3.8) is 0 Å². The van der Waals surface area contributed by atoms with Gasteiger partial charge in [0.1, 0.15) is 0 Å². The van der Waals surface area contributed by atoms with E-state index in [1.807, 2.05) is 31.2 Å². The number of rotatable bonds is 1. The summed E-state index contributed by atoms with van der Waals surface area (Å²) in [6.07, 6.45) is 0. The molecule has 2 aliphatic heterocycles. The summed E-state index contributed by atoms with van der Waals surface area (Å²) in [5.74, 6) is -0.671. The summed E-state index contributed by atoms with van der Waals surface area (Å²) in [6.45, 7) is 1.83. The third-order valence-electron chi connectivity index (χ3n) is 3.41. The Kier molecular flexibility index (Phi) is 2.38. The molecule has 4 nitrogen and oxygen atoms in total. The molecular weight excluding hydrogens is 240 g/mol. The average molecular weight is 252 g/mol. The molecule has 0 aliphatic carbocycles. The van der Waals surface area contributed by atoms with Gasteiger partial charge in [-0.05, 0) is 47.9 Å². The smallest absolute Gasteiger partial charge is 0.255 e. The van der Waals surface area contributed by atoms with Gasteiger partial charge in [-0.15, -0.1) is 0 Å². The molecule has 0 saturated heterocycles. The monoisotopic (exact) mass is 252 g/mol. The Balaban J connectivity index is 2.42. The molecule has 0 radical (unpaired) electrons. The van der Waals surface area contributed by atoms with Crippen LogP contribution in [-0.2, 0) is 0 Å². The van der Waals surface area contributed by atoms with E-state index < -0.39 is 5.91 Å². The molecule has 2 heterocycles. The van der Waals surface area contributed by atoms with Gasteiger partial charge < -0.3 is 11.1 Å². The lowest BCUT2D eigenvalue weighted by Crippen LogP contribution is -2.16. The van der Waals surface area contributed by atoms with Crippen molar-refractivity contribution in [2.45, 2.75) is 6.92 Å². The van der Waals surface area contributed by atoms with Crippen LogP contribution in [0.15, 0.2) is 36.4 Å². The first-order valence-electron chi connectivity index (χ1n) is 5.93. The molecule has 0 aromatic heterocycles. The lowest BCUT2D eigenvalue weighted by atomic mass is 9.91. The van der Waals surface area contributed by atoms with Crippen LogP contribution in [0.5, 0.6) is 0 Å². The van der Waals surface area contributed by atoms with Crippen molar-refractivity contribution < 1.29 is 9.59 Å². The molecular formula is C15H12N2O2. The van der Waals surface area contributed by atoms with Crippen LogP contribution in [0, 0.1) is 6.92 Å². The van der Waals surface area contributed by atoms with Gasteiger partial charge in [-0.1, -0.05) is 12.1 Å². The van der Waals surface area contributed by atoms with Crippen molar-refractivity contribution in [3.8, 4) is 11.1 Å². The van der Waals surface area contributed by atoms with Crippen LogP contribution in [0.3, 0.4) is 0 Å². The normalized spacial score (nSPS) is 12.4. The second kappa shape index (κ2) is 3.95. The largest absolute Gasteiger partial charge is 0.366 e. The van der Waals surface area contributed by atoms with Gasteiger partial charge in [0.15, 0.2) is 0 Å². The SMILES string of the molecule is Cc1c2ccc(C(N)=O)c1-c1ccc(cc1)NC2=O. The van der Waals surface area contributed by atoms with Gasteiger partial charge in [-0.3, -0.25) is 9.59 Å². The number of hydrogen-bond acceptors (Lipinski definition) is 2. The second-order valence-electron chi connectivity index (χ2n) is 4.56. The minimum absolute atomic E-state index is 0.178. The maximum Gasteiger partial charge on any atom is 0.255 e. The Morgan fingerprint density at radius 3 is 2.42 bits per heavy atom. The molecule has 2 aromatic rings. The predicted molar refractivity (Wildman–Crippen MR) is 73.1 cm³/mol. The lowest BCUT2D eigenvalue weighted by molar-refractivity contribution is 0.0995. The van der Waals surface area contributed by atoms with E-state index in [4.69, 9.17) is 5.73 Å². The molecule has 3 N–H and O–H groups in total. The van der Waals surface area contributed by atoms with Crippen molar-refractivity contribution in [1.82, 2.24) is 0 Å². The summed E-state index contributed by atoms with van der Waals surface area (Å²) in [7, 11) is 0. The number of benzene rings is 2. The Hall–Kier alpha value is -2.62. The zero-order valence-electron chi connectivity index (χ0n) is 10.4. The highest BCUT2D eigenvalue weighted by atomic mass is 16.2. The van der Waals surface area contributed by atoms with Gasteiger partial charge in [-0.25, -0.2) is 0 Å². The van der Waals surface area contributed by atoms with Crippen LogP contribution in [0.2, 0.25) is 0 Å². The standard InChI is InChI=1S/C15H12N2O2/c1-8-11-6-7-12(14(16)18)13(8)9-2-4-10(5-3-9)17-15(11)19/h2-7H,1H3,(H2,16,18)(H,17,19). The lowest BCUT2D eigenvalue weighted by Gasteiger charge is -2.12. The number of nitrogens with two attached hydrogens (primary N) is 1. The molecule has 2 aliphatic rings. The first-order chi connectivity index (χ1) is 9.08. The van der Waals surface area contributed by atoms with Crippen LogP contribution < -0.4 is 11.1 Å². The molecule has 94 valence electrons. The highest BCUT2D eigenvalue weighted by molar-refractivity contribution is 6.10. The maximum atomic E-state index is 12.1. The minimum Gasteiger partial charge on any atom is -0.366 e. The molecule has 0 unspecified atom stereocenters. The predicted octanol–water partition coefficient (Wildman–Crippen LogP) is 2.33. The summed E-state index contributed by atoms with van der Waals surface area (Å²) >= 11 is 0. The summed E-state index contributed by atoms with van der Waals surface area (Å²) in [6, 6.07) is 10.6. The zero-order valence-corrected chi connectivity index (χ0v) is 10.4. The molecule has 0 saturated carbocycles. The number of carbonyl (C=O) groups is 2. The zero-order chi connectivity index (χ0) is 13.6. The first-order valence-corrected chi connectivity index (χ1v) is 5.93. The van der Waals surface area contributed by atoms with E-state index in [2.05, 4.69) is 5.32 Å². The van der Waals surface area contributed by atoms with Crippen molar-refractivity contribution in [2.75, 3.05) is 5.32 Å². The average Bonchev–Trinajstić information content (AvgIpc) is 2.42. The Morgan fingerprint density at radius 1 is 1.11 bits per heavy atom. The van der Waals surface area contributed by atoms with E-state index in [0.29, 0.717) is 11.1 Å². The summed E-state index contributed by atoms with van der Waals surface area (Å²) in [5, 5.41) is 2.82. The molecule has 4 rings (SSSR count). The number of nitrogens with one attached hydrogen (secondary N) is 1. The van der Waals surface area contributed by atoms with Crippen molar-refractivity contribution in [3.05, 3.63) is 53.1 Å². The fraction of sp³-hybridized carbons (Fsp3) is 0.0667. The van der Waals surface area contributed by atoms with E-state index in [-0.39, 0.29) is 5.91 Å². The molecule has 2 amide bonds. The summed E-state index contributed by atoms with van der Waals surface area (Å²) < 4.78 is 0.